The van der Waals surface area contributed by atoms with E-state index in [4.69, 9.17) is 9.73 Å². The summed E-state index contributed by atoms with van der Waals surface area (Å²) < 4.78 is 5.29. The molecule has 2 heterocycles. The van der Waals surface area contributed by atoms with E-state index in [1.54, 1.807) is 7.11 Å². The molecule has 1 saturated heterocycles. The van der Waals surface area contributed by atoms with Gasteiger partial charge in [-0.15, -0.1) is 0 Å². The van der Waals surface area contributed by atoms with Crippen molar-refractivity contribution < 1.29 is 4.74 Å². The zero-order chi connectivity index (χ0) is 15.6. The summed E-state index contributed by atoms with van der Waals surface area (Å²) in [5.74, 6) is 3.44. The van der Waals surface area contributed by atoms with Gasteiger partial charge < -0.3 is 4.74 Å². The zero-order valence-corrected chi connectivity index (χ0v) is 13.8. The van der Waals surface area contributed by atoms with Crippen LogP contribution in [0.15, 0.2) is 41.4 Å². The summed E-state index contributed by atoms with van der Waals surface area (Å²) in [7, 11) is 1.72. The van der Waals surface area contributed by atoms with E-state index in [9.17, 15) is 0 Å². The maximum Gasteiger partial charge on any atom is 0.118 e. The Labute approximate surface area is 138 Å². The largest absolute Gasteiger partial charge is 0.497 e. The molecule has 3 heteroatoms. The number of hydrogen-bond acceptors (Lipinski definition) is 3. The Morgan fingerprint density at radius 1 is 1.17 bits per heavy atom. The monoisotopic (exact) mass is 310 g/mol. The molecule has 1 N–H and O–H groups in total. The number of nitrogens with zero attached hydrogens (tertiary/aromatic N) is 1. The molecular formula is C20H26N2O. The van der Waals surface area contributed by atoms with Crippen molar-refractivity contribution in [3.63, 3.8) is 0 Å². The van der Waals surface area contributed by atoms with Crippen LogP contribution < -0.4 is 10.1 Å². The van der Waals surface area contributed by atoms with Gasteiger partial charge in [0.05, 0.1) is 7.11 Å². The van der Waals surface area contributed by atoms with Crippen LogP contribution in [0.3, 0.4) is 0 Å². The first kappa shape index (κ1) is 14.9. The van der Waals surface area contributed by atoms with Crippen molar-refractivity contribution in [2.24, 2.45) is 22.7 Å². The highest BCUT2D eigenvalue weighted by atomic mass is 16.5. The van der Waals surface area contributed by atoms with E-state index in [0.717, 1.165) is 12.3 Å². The third-order valence-corrected chi connectivity index (χ3v) is 5.84. The van der Waals surface area contributed by atoms with E-state index in [-0.39, 0.29) is 0 Å². The third kappa shape index (κ3) is 2.94. The number of aliphatic imine (C=N–C) groups is 1. The molecule has 5 atom stereocenters. The van der Waals surface area contributed by atoms with E-state index in [2.05, 4.69) is 47.9 Å². The highest BCUT2D eigenvalue weighted by molar-refractivity contribution is 5.63. The second-order valence-electron chi connectivity index (χ2n) is 7.12. The van der Waals surface area contributed by atoms with Crippen molar-refractivity contribution >= 4 is 6.21 Å². The molecule has 3 nitrogen and oxygen atoms in total. The molecule has 5 unspecified atom stereocenters. The summed E-state index contributed by atoms with van der Waals surface area (Å²) in [4.78, 5) is 4.86. The first-order valence-corrected chi connectivity index (χ1v) is 8.92. The maximum atomic E-state index is 5.29. The van der Waals surface area contributed by atoms with Crippen molar-refractivity contribution in [1.29, 1.82) is 0 Å². The lowest BCUT2D eigenvalue weighted by molar-refractivity contribution is 0.299. The molecule has 0 aromatic heterocycles. The van der Waals surface area contributed by atoms with Crippen molar-refractivity contribution in [3.8, 4) is 5.75 Å². The van der Waals surface area contributed by atoms with Gasteiger partial charge >= 0.3 is 0 Å². The highest BCUT2D eigenvalue weighted by Gasteiger charge is 2.40. The first-order valence-electron chi connectivity index (χ1n) is 8.92. The zero-order valence-electron chi connectivity index (χ0n) is 13.8. The molecule has 0 spiro atoms. The predicted octanol–water partition coefficient (Wildman–Crippen LogP) is 3.77. The van der Waals surface area contributed by atoms with Crippen molar-refractivity contribution in [3.05, 3.63) is 42.0 Å². The van der Waals surface area contributed by atoms with Crippen LogP contribution in [0.1, 0.15) is 37.2 Å². The summed E-state index contributed by atoms with van der Waals surface area (Å²) in [6.07, 6.45) is 12.5. The molecule has 23 heavy (non-hydrogen) atoms. The molecule has 122 valence electrons. The highest BCUT2D eigenvalue weighted by Crippen LogP contribution is 2.41. The maximum absolute atomic E-state index is 5.29. The number of nitrogens with one attached hydrogen (secondary N) is 1. The van der Waals surface area contributed by atoms with Crippen LogP contribution in [0.5, 0.6) is 5.75 Å². The van der Waals surface area contributed by atoms with E-state index >= 15 is 0 Å². The molecule has 4 rings (SSSR count). The van der Waals surface area contributed by atoms with Crippen LogP contribution in [-0.4, -0.2) is 26.0 Å². The molecule has 1 aliphatic carbocycles. The molecule has 1 aromatic rings. The van der Waals surface area contributed by atoms with Gasteiger partial charge in [-0.05, 0) is 49.3 Å². The molecule has 0 amide bonds. The normalized spacial score (nSPS) is 36.0. The van der Waals surface area contributed by atoms with Crippen LogP contribution in [0.2, 0.25) is 0 Å². The molecule has 0 bridgehead atoms. The minimum absolute atomic E-state index is 0.311. The van der Waals surface area contributed by atoms with Crippen molar-refractivity contribution in [2.75, 3.05) is 13.7 Å². The van der Waals surface area contributed by atoms with Crippen molar-refractivity contribution in [2.45, 2.75) is 37.8 Å². The summed E-state index contributed by atoms with van der Waals surface area (Å²) in [5, 5.41) is 3.61. The lowest BCUT2D eigenvalue weighted by atomic mass is 9.74. The Morgan fingerprint density at radius 3 is 2.78 bits per heavy atom. The second kappa shape index (κ2) is 6.48. The van der Waals surface area contributed by atoms with E-state index in [1.165, 1.54) is 31.2 Å². The summed E-state index contributed by atoms with van der Waals surface area (Å²) in [5.41, 5.74) is 1.42. The number of methoxy groups -OCH3 is 1. The number of hydrogen-bond donors (Lipinski definition) is 1. The number of ether oxygens (including phenoxy) is 1. The second-order valence-corrected chi connectivity index (χ2v) is 7.12. The van der Waals surface area contributed by atoms with E-state index in [1.807, 2.05) is 0 Å². The molecule has 2 aliphatic heterocycles. The Kier molecular flexibility index (Phi) is 4.21. The van der Waals surface area contributed by atoms with E-state index in [0.29, 0.717) is 29.8 Å². The summed E-state index contributed by atoms with van der Waals surface area (Å²) >= 11 is 0. The smallest absolute Gasteiger partial charge is 0.118 e. The van der Waals surface area contributed by atoms with Crippen molar-refractivity contribution in [1.82, 2.24) is 5.32 Å². The molecule has 1 aromatic carbocycles. The fourth-order valence-corrected chi connectivity index (χ4v) is 4.50. The van der Waals surface area contributed by atoms with E-state index < -0.39 is 0 Å². The average Bonchev–Trinajstić information content (AvgIpc) is 3.05. The minimum Gasteiger partial charge on any atom is -0.497 e. The van der Waals surface area contributed by atoms with Gasteiger partial charge in [-0.3, -0.25) is 10.3 Å². The van der Waals surface area contributed by atoms with Gasteiger partial charge in [0.25, 0.3) is 0 Å². The Morgan fingerprint density at radius 2 is 2.04 bits per heavy atom. The standard InChI is InChI=1S/C20H26N2O/c1-23-17-9-7-15(8-10-17)19-13-22-20-18(19)11-16(12-21-20)14-5-3-2-4-6-14/h3,5,7-10,12,14,16,18-20,22H,2,4,6,11,13H2,1H3. The van der Waals surface area contributed by atoms with Gasteiger partial charge in [0, 0.05) is 30.5 Å². The minimum atomic E-state index is 0.311. The Hall–Kier alpha value is -1.61. The molecule has 1 fully saturated rings. The fourth-order valence-electron chi connectivity index (χ4n) is 4.50. The van der Waals surface area contributed by atoms with Crippen LogP contribution >= 0.6 is 0 Å². The SMILES string of the molecule is COc1ccc(C2CNC3N=CC(C4C=CCCC4)CC32)cc1. The predicted molar refractivity (Wildman–Crippen MR) is 94.1 cm³/mol. The van der Waals surface area contributed by atoms with Crippen LogP contribution in [-0.2, 0) is 0 Å². The number of rotatable bonds is 3. The van der Waals surface area contributed by atoms with Gasteiger partial charge in [0.1, 0.15) is 11.9 Å². The van der Waals surface area contributed by atoms with Gasteiger partial charge in [-0.1, -0.05) is 24.3 Å². The quantitative estimate of drug-likeness (QED) is 0.862. The van der Waals surface area contributed by atoms with Gasteiger partial charge in [-0.2, -0.15) is 0 Å². The van der Waals surface area contributed by atoms with Crippen LogP contribution in [0.25, 0.3) is 0 Å². The Balaban J connectivity index is 1.51. The van der Waals surface area contributed by atoms with Gasteiger partial charge in [-0.25, -0.2) is 0 Å². The van der Waals surface area contributed by atoms with Crippen LogP contribution in [0.4, 0.5) is 0 Å². The van der Waals surface area contributed by atoms with Gasteiger partial charge in [0.2, 0.25) is 0 Å². The average molecular weight is 310 g/mol. The lowest BCUT2D eigenvalue weighted by Gasteiger charge is -2.33. The summed E-state index contributed by atoms with van der Waals surface area (Å²) in [6.45, 7) is 1.03. The molecule has 3 aliphatic rings. The topological polar surface area (TPSA) is 33.6 Å². The third-order valence-electron chi connectivity index (χ3n) is 5.84. The first-order chi connectivity index (χ1) is 11.3. The number of fused-ring (bicyclic) bond motifs is 1. The Bertz CT molecular complexity index is 592. The number of allylic oxidation sites excluding steroid dienone is 2. The van der Waals surface area contributed by atoms with Crippen LogP contribution in [0, 0.1) is 17.8 Å². The lowest BCUT2D eigenvalue weighted by Crippen LogP contribution is -2.34. The molecule has 0 saturated carbocycles. The number of benzene rings is 1. The molecular weight excluding hydrogens is 284 g/mol. The van der Waals surface area contributed by atoms with Gasteiger partial charge in [0.15, 0.2) is 0 Å². The fraction of sp³-hybridized carbons (Fsp3) is 0.550. The summed E-state index contributed by atoms with van der Waals surface area (Å²) in [6, 6.07) is 8.61. The molecule has 0 radical (unpaired) electrons.